The van der Waals surface area contributed by atoms with Gasteiger partial charge >= 0.3 is 0 Å². The lowest BCUT2D eigenvalue weighted by Gasteiger charge is -2.43. The average molecular weight is 419 g/mol. The van der Waals surface area contributed by atoms with Crippen molar-refractivity contribution < 1.29 is 0 Å². The second kappa shape index (κ2) is 14.1. The fourth-order valence-corrected chi connectivity index (χ4v) is 7.08. The Morgan fingerprint density at radius 1 is 0.367 bits per heavy atom. The molecule has 0 spiro atoms. The molecule has 2 saturated heterocycles. The summed E-state index contributed by atoms with van der Waals surface area (Å²) in [5.41, 5.74) is 0. The Morgan fingerprint density at radius 3 is 1.03 bits per heavy atom. The summed E-state index contributed by atoms with van der Waals surface area (Å²) in [5, 5.41) is 0. The molecule has 2 unspecified atom stereocenters. The molecule has 0 bridgehead atoms. The Bertz CT molecular complexity index is 428. The van der Waals surface area contributed by atoms with Crippen molar-refractivity contribution in [3.8, 4) is 0 Å². The molecular formula is C28H54N2. The fourth-order valence-electron chi connectivity index (χ4n) is 7.08. The molecule has 2 nitrogen and oxygen atoms in total. The molecule has 3 aliphatic rings. The monoisotopic (exact) mass is 418 g/mol. The van der Waals surface area contributed by atoms with Crippen molar-refractivity contribution in [1.29, 1.82) is 0 Å². The van der Waals surface area contributed by atoms with Crippen LogP contribution in [-0.2, 0) is 0 Å². The predicted molar refractivity (Wildman–Crippen MR) is 132 cm³/mol. The standard InChI is InChI=1S/C28H54N2/c1-29-23-15-11-7-4-3-5-9-13-17-27(29)25-19-21-26(22-20-25)28-18-14-10-6-8-12-16-24-30(28)2/h25-28H,3-24H2,1-2H3. The summed E-state index contributed by atoms with van der Waals surface area (Å²) in [6.07, 6.45) is 29.5. The van der Waals surface area contributed by atoms with Crippen LogP contribution < -0.4 is 0 Å². The van der Waals surface area contributed by atoms with Crippen molar-refractivity contribution in [2.24, 2.45) is 11.8 Å². The van der Waals surface area contributed by atoms with Gasteiger partial charge in [-0.05, 0) is 90.4 Å². The highest BCUT2D eigenvalue weighted by molar-refractivity contribution is 4.88. The molecule has 0 aromatic heterocycles. The third-order valence-electron chi connectivity index (χ3n) is 9.06. The zero-order valence-electron chi connectivity index (χ0n) is 20.8. The lowest BCUT2D eigenvalue weighted by molar-refractivity contribution is 0.0765. The van der Waals surface area contributed by atoms with Crippen LogP contribution in [-0.4, -0.2) is 49.1 Å². The first kappa shape index (κ1) is 24.6. The first-order chi connectivity index (χ1) is 14.8. The molecule has 0 N–H and O–H groups in total. The van der Waals surface area contributed by atoms with Gasteiger partial charge in [0.1, 0.15) is 0 Å². The molecule has 3 fully saturated rings. The van der Waals surface area contributed by atoms with Crippen molar-refractivity contribution in [3.05, 3.63) is 0 Å². The highest BCUT2D eigenvalue weighted by Gasteiger charge is 2.33. The second-order valence-electron chi connectivity index (χ2n) is 11.3. The first-order valence-electron chi connectivity index (χ1n) is 14.2. The fraction of sp³-hybridized carbons (Fsp3) is 1.00. The maximum atomic E-state index is 2.79. The van der Waals surface area contributed by atoms with Crippen LogP contribution in [0, 0.1) is 11.8 Å². The minimum atomic E-state index is 0.868. The maximum Gasteiger partial charge on any atom is 0.0120 e. The van der Waals surface area contributed by atoms with Gasteiger partial charge in [-0.15, -0.1) is 0 Å². The van der Waals surface area contributed by atoms with E-state index in [9.17, 15) is 0 Å². The van der Waals surface area contributed by atoms with Gasteiger partial charge in [0, 0.05) is 12.1 Å². The lowest BCUT2D eigenvalue weighted by atomic mass is 9.73. The van der Waals surface area contributed by atoms with E-state index in [4.69, 9.17) is 0 Å². The van der Waals surface area contributed by atoms with Gasteiger partial charge < -0.3 is 9.80 Å². The summed E-state index contributed by atoms with van der Waals surface area (Å²) in [5.74, 6) is 1.95. The molecule has 2 heterocycles. The third kappa shape index (κ3) is 8.12. The van der Waals surface area contributed by atoms with Crippen LogP contribution in [0.5, 0.6) is 0 Å². The van der Waals surface area contributed by atoms with Gasteiger partial charge in [0.15, 0.2) is 0 Å². The highest BCUT2D eigenvalue weighted by Crippen LogP contribution is 2.38. The Kier molecular flexibility index (Phi) is 11.6. The van der Waals surface area contributed by atoms with Crippen LogP contribution in [0.15, 0.2) is 0 Å². The summed E-state index contributed by atoms with van der Waals surface area (Å²) in [6, 6.07) is 1.74. The Labute approximate surface area is 189 Å². The minimum absolute atomic E-state index is 0.868. The topological polar surface area (TPSA) is 6.48 Å². The Morgan fingerprint density at radius 2 is 0.667 bits per heavy atom. The van der Waals surface area contributed by atoms with Gasteiger partial charge in [-0.1, -0.05) is 77.0 Å². The number of hydrogen-bond donors (Lipinski definition) is 0. The van der Waals surface area contributed by atoms with Crippen LogP contribution in [0.1, 0.15) is 128 Å². The van der Waals surface area contributed by atoms with Gasteiger partial charge in [0.05, 0.1) is 0 Å². The summed E-state index contributed by atoms with van der Waals surface area (Å²) < 4.78 is 0. The molecule has 1 aliphatic carbocycles. The molecule has 3 rings (SSSR count). The molecule has 1 saturated carbocycles. The quantitative estimate of drug-likeness (QED) is 0.454. The van der Waals surface area contributed by atoms with Crippen molar-refractivity contribution >= 4 is 0 Å². The molecule has 0 aromatic carbocycles. The molecule has 0 amide bonds. The van der Waals surface area contributed by atoms with Crippen molar-refractivity contribution in [2.75, 3.05) is 27.2 Å². The van der Waals surface area contributed by atoms with Gasteiger partial charge in [-0.25, -0.2) is 0 Å². The van der Waals surface area contributed by atoms with E-state index < -0.39 is 0 Å². The van der Waals surface area contributed by atoms with E-state index in [-0.39, 0.29) is 0 Å². The molecule has 0 aromatic rings. The van der Waals surface area contributed by atoms with E-state index in [1.165, 1.54) is 142 Å². The van der Waals surface area contributed by atoms with Crippen molar-refractivity contribution in [1.82, 2.24) is 9.80 Å². The largest absolute Gasteiger partial charge is 0.303 e. The molecule has 0 radical (unpaired) electrons. The minimum Gasteiger partial charge on any atom is -0.303 e. The molecular weight excluding hydrogens is 364 g/mol. The van der Waals surface area contributed by atoms with E-state index in [1.807, 2.05) is 0 Å². The smallest absolute Gasteiger partial charge is 0.0120 e. The number of rotatable bonds is 2. The molecule has 30 heavy (non-hydrogen) atoms. The third-order valence-corrected chi connectivity index (χ3v) is 9.06. The molecule has 176 valence electrons. The molecule has 2 aliphatic heterocycles. The lowest BCUT2D eigenvalue weighted by Crippen LogP contribution is -2.44. The number of hydrogen-bond acceptors (Lipinski definition) is 2. The van der Waals surface area contributed by atoms with E-state index in [0.29, 0.717) is 0 Å². The first-order valence-corrected chi connectivity index (χ1v) is 14.2. The van der Waals surface area contributed by atoms with Gasteiger partial charge in [0.25, 0.3) is 0 Å². The van der Waals surface area contributed by atoms with Crippen LogP contribution in [0.2, 0.25) is 0 Å². The van der Waals surface area contributed by atoms with Crippen LogP contribution in [0.25, 0.3) is 0 Å². The van der Waals surface area contributed by atoms with Gasteiger partial charge in [-0.3, -0.25) is 0 Å². The Hall–Kier alpha value is -0.0800. The summed E-state index contributed by atoms with van der Waals surface area (Å²) in [7, 11) is 4.90. The maximum absolute atomic E-state index is 2.79. The van der Waals surface area contributed by atoms with E-state index in [0.717, 1.165) is 23.9 Å². The van der Waals surface area contributed by atoms with Crippen LogP contribution >= 0.6 is 0 Å². The Balaban J connectivity index is 1.52. The summed E-state index contributed by atoms with van der Waals surface area (Å²) in [4.78, 5) is 5.57. The normalized spacial score (nSPS) is 35.8. The average Bonchev–Trinajstić information content (AvgIpc) is 2.75. The highest BCUT2D eigenvalue weighted by atomic mass is 15.1. The predicted octanol–water partition coefficient (Wildman–Crippen LogP) is 7.66. The van der Waals surface area contributed by atoms with Crippen LogP contribution in [0.4, 0.5) is 0 Å². The SMILES string of the molecule is CN1CCCCCCCCCCC1C1CCC(C2CCCCCCCCN2C)CC1. The van der Waals surface area contributed by atoms with E-state index in [1.54, 1.807) is 0 Å². The zero-order chi connectivity index (χ0) is 21.0. The molecule has 2 heteroatoms. The van der Waals surface area contributed by atoms with Crippen molar-refractivity contribution in [3.63, 3.8) is 0 Å². The van der Waals surface area contributed by atoms with Gasteiger partial charge in [-0.2, -0.15) is 0 Å². The second-order valence-corrected chi connectivity index (χ2v) is 11.3. The van der Waals surface area contributed by atoms with Crippen LogP contribution in [0.3, 0.4) is 0 Å². The summed E-state index contributed by atoms with van der Waals surface area (Å²) >= 11 is 0. The zero-order valence-corrected chi connectivity index (χ0v) is 20.8. The van der Waals surface area contributed by atoms with Gasteiger partial charge in [0.2, 0.25) is 0 Å². The van der Waals surface area contributed by atoms with E-state index >= 15 is 0 Å². The molecule has 2 atom stereocenters. The van der Waals surface area contributed by atoms with Crippen molar-refractivity contribution in [2.45, 2.75) is 141 Å². The number of nitrogens with zero attached hydrogens (tertiary/aromatic N) is 2. The van der Waals surface area contributed by atoms with E-state index in [2.05, 4.69) is 23.9 Å². The summed E-state index contributed by atoms with van der Waals surface area (Å²) in [6.45, 7) is 2.69.